The third-order valence-corrected chi connectivity index (χ3v) is 11.8. The van der Waals surface area contributed by atoms with Crippen LogP contribution in [0.25, 0.3) is 0 Å². The molecule has 0 saturated heterocycles. The molecule has 2 unspecified atom stereocenters. The van der Waals surface area contributed by atoms with Crippen LogP contribution in [0.15, 0.2) is 60.7 Å². The average Bonchev–Trinajstić information content (AvgIpc) is 3.22. The maximum atomic E-state index is 12.7. The molecule has 342 valence electrons. The van der Waals surface area contributed by atoms with Crippen molar-refractivity contribution in [2.24, 2.45) is 23.3 Å². The third kappa shape index (κ3) is 22.5. The van der Waals surface area contributed by atoms with E-state index in [0.717, 1.165) is 71.2 Å². The zero-order chi connectivity index (χ0) is 45.9. The summed E-state index contributed by atoms with van der Waals surface area (Å²) in [4.78, 5) is 74.5. The number of amides is 6. The van der Waals surface area contributed by atoms with E-state index in [1.54, 1.807) is 24.3 Å². The number of allylic oxidation sites excluding steroid dienone is 4. The molecule has 16 nitrogen and oxygen atoms in total. The largest absolute Gasteiger partial charge is 0.493 e. The molecule has 8 N–H and O–H groups in total. The van der Waals surface area contributed by atoms with Gasteiger partial charge in [-0.1, -0.05) is 85.7 Å². The Hall–Kier alpha value is -5.36. The highest BCUT2D eigenvalue weighted by molar-refractivity contribution is 8.77. The number of primary amides is 2. The van der Waals surface area contributed by atoms with E-state index < -0.39 is 34.5 Å². The minimum atomic E-state index is -1.02. The highest BCUT2D eigenvalue weighted by Crippen LogP contribution is 2.32. The molecule has 2 rings (SSSR count). The van der Waals surface area contributed by atoms with Gasteiger partial charge in [0.25, 0.3) is 0 Å². The fourth-order valence-corrected chi connectivity index (χ4v) is 7.89. The van der Waals surface area contributed by atoms with Gasteiger partial charge in [0.1, 0.15) is 10.5 Å². The lowest BCUT2D eigenvalue weighted by molar-refractivity contribution is -0.122. The number of methoxy groups -OCH3 is 2. The lowest BCUT2D eigenvalue weighted by atomic mass is 10.1. The molecule has 0 aromatic heterocycles. The first kappa shape index (κ1) is 52.8. The van der Waals surface area contributed by atoms with Crippen molar-refractivity contribution in [3.8, 4) is 23.0 Å². The molecular formula is C44H64N6O10S2. The Bertz CT molecular complexity index is 1690. The van der Waals surface area contributed by atoms with Gasteiger partial charge in [-0.05, 0) is 85.8 Å². The molecule has 0 saturated carbocycles. The molecule has 0 heterocycles. The minimum absolute atomic E-state index is 0.0666. The summed E-state index contributed by atoms with van der Waals surface area (Å²) >= 11 is 0. The van der Waals surface area contributed by atoms with Crippen LogP contribution in [-0.2, 0) is 32.3 Å². The van der Waals surface area contributed by atoms with Gasteiger partial charge in [-0.25, -0.2) is 9.59 Å². The minimum Gasteiger partial charge on any atom is -0.493 e. The number of hydrogen-bond donors (Lipinski definition) is 6. The van der Waals surface area contributed by atoms with Gasteiger partial charge in [0, 0.05) is 39.0 Å². The number of carbonyl (C=O) groups is 6. The predicted octanol–water partition coefficient (Wildman–Crippen LogP) is 6.45. The van der Waals surface area contributed by atoms with E-state index in [9.17, 15) is 28.8 Å². The Morgan fingerprint density at radius 1 is 0.581 bits per heavy atom. The van der Waals surface area contributed by atoms with E-state index in [4.69, 9.17) is 30.4 Å². The summed E-state index contributed by atoms with van der Waals surface area (Å²) in [6, 6.07) is 9.69. The second-order valence-electron chi connectivity index (χ2n) is 14.9. The quantitative estimate of drug-likeness (QED) is 0.0294. The van der Waals surface area contributed by atoms with Crippen LogP contribution in [0.4, 0.5) is 9.59 Å². The fraction of sp³-hybridized carbons (Fsp3) is 0.500. The number of benzene rings is 2. The summed E-state index contributed by atoms with van der Waals surface area (Å²) in [5, 5.41) is 8.68. The van der Waals surface area contributed by atoms with E-state index in [1.807, 2.05) is 0 Å². The molecule has 0 aliphatic rings. The Labute approximate surface area is 373 Å². The van der Waals surface area contributed by atoms with Gasteiger partial charge >= 0.3 is 12.2 Å². The van der Waals surface area contributed by atoms with Crippen molar-refractivity contribution in [2.75, 3.05) is 27.3 Å². The first-order valence-electron chi connectivity index (χ1n) is 20.6. The molecule has 0 bridgehead atoms. The Kier molecular flexibility index (Phi) is 25.4. The smallest absolute Gasteiger partial charge is 0.412 e. The van der Waals surface area contributed by atoms with Crippen LogP contribution in [0.5, 0.6) is 23.0 Å². The van der Waals surface area contributed by atoms with E-state index in [1.165, 1.54) is 26.4 Å². The summed E-state index contributed by atoms with van der Waals surface area (Å²) in [6.07, 6.45) is 12.9. The van der Waals surface area contributed by atoms with Crippen molar-refractivity contribution in [3.63, 3.8) is 0 Å². The SMILES string of the molecule is COc1cc(CNC(=O)CCCC/C=C/C(C)C)ccc1OC(=O)NCC(SSC(CNC(=O)Oc1ccc(CNC(=O)CCCC/C=C/C(C)C)cc1OC)C(N)=O)C(N)=O. The highest BCUT2D eigenvalue weighted by Gasteiger charge is 2.25. The highest BCUT2D eigenvalue weighted by atomic mass is 33.1. The van der Waals surface area contributed by atoms with Crippen LogP contribution in [0.3, 0.4) is 0 Å². The molecule has 18 heteroatoms. The van der Waals surface area contributed by atoms with E-state index in [2.05, 4.69) is 73.3 Å². The second-order valence-corrected chi connectivity index (χ2v) is 17.6. The zero-order valence-electron chi connectivity index (χ0n) is 36.6. The Morgan fingerprint density at radius 2 is 0.968 bits per heavy atom. The maximum absolute atomic E-state index is 12.7. The summed E-state index contributed by atoms with van der Waals surface area (Å²) < 4.78 is 21.6. The van der Waals surface area contributed by atoms with Crippen molar-refractivity contribution in [1.82, 2.24) is 21.3 Å². The van der Waals surface area contributed by atoms with Crippen LogP contribution >= 0.6 is 21.6 Å². The molecule has 0 fully saturated rings. The molecule has 0 spiro atoms. The molecule has 0 aliphatic carbocycles. The van der Waals surface area contributed by atoms with Crippen molar-refractivity contribution in [2.45, 2.75) is 103 Å². The fourth-order valence-electron chi connectivity index (χ4n) is 5.35. The first-order chi connectivity index (χ1) is 29.6. The number of nitrogens with one attached hydrogen (secondary N) is 4. The van der Waals surface area contributed by atoms with Crippen molar-refractivity contribution in [1.29, 1.82) is 0 Å². The van der Waals surface area contributed by atoms with Crippen LogP contribution in [-0.4, -0.2) is 73.6 Å². The van der Waals surface area contributed by atoms with Gasteiger partial charge < -0.3 is 51.7 Å². The summed E-state index contributed by atoms with van der Waals surface area (Å²) in [5.41, 5.74) is 12.6. The predicted molar refractivity (Wildman–Crippen MR) is 244 cm³/mol. The van der Waals surface area contributed by atoms with Crippen LogP contribution in [0.1, 0.15) is 90.2 Å². The molecule has 62 heavy (non-hydrogen) atoms. The number of carbonyl (C=O) groups excluding carboxylic acids is 6. The first-order valence-corrected chi connectivity index (χ1v) is 22.9. The van der Waals surface area contributed by atoms with Gasteiger partial charge in [-0.2, -0.15) is 0 Å². The normalized spacial score (nSPS) is 12.2. The van der Waals surface area contributed by atoms with Gasteiger partial charge in [0.2, 0.25) is 23.6 Å². The van der Waals surface area contributed by atoms with Gasteiger partial charge in [0.15, 0.2) is 23.0 Å². The number of hydrogen-bond acceptors (Lipinski definition) is 12. The van der Waals surface area contributed by atoms with Crippen LogP contribution in [0.2, 0.25) is 0 Å². The van der Waals surface area contributed by atoms with Gasteiger partial charge in [-0.3, -0.25) is 19.2 Å². The van der Waals surface area contributed by atoms with Crippen LogP contribution < -0.4 is 51.7 Å². The lowest BCUT2D eigenvalue weighted by Crippen LogP contribution is -2.41. The van der Waals surface area contributed by atoms with Gasteiger partial charge in [0.05, 0.1) is 14.2 Å². The topological polar surface area (TPSA) is 240 Å². The number of rotatable bonds is 29. The number of ether oxygens (including phenoxy) is 4. The molecule has 2 atom stereocenters. The summed E-state index contributed by atoms with van der Waals surface area (Å²) in [5.74, 6) is 0.00520. The van der Waals surface area contributed by atoms with Crippen molar-refractivity contribution < 1.29 is 47.7 Å². The second kappa shape index (κ2) is 29.8. The Morgan fingerprint density at radius 3 is 1.31 bits per heavy atom. The molecule has 2 aromatic rings. The standard InChI is InChI=1S/C44H64N6O10S2/c1-29(2)15-11-7-9-13-17-39(51)47-25-31-19-21-33(35(23-31)57-5)59-43(55)49-27-37(41(45)53)61-62-38(42(46)54)28-50-44(56)60-34-22-20-32(24-36(34)58-6)26-48-40(52)18-14-10-8-12-16-30(3)4/h11-12,15-16,19-24,29-30,37-38H,7-10,13-14,17-18,25-28H2,1-6H3,(H2,45,53)(H2,46,54)(H,47,51)(H,48,52)(H,49,55)(H,50,56)/b15-11+,16-12+. The lowest BCUT2D eigenvalue weighted by Gasteiger charge is -2.18. The molecule has 0 aliphatic heterocycles. The maximum Gasteiger partial charge on any atom is 0.412 e. The zero-order valence-corrected chi connectivity index (χ0v) is 38.3. The molecule has 6 amide bonds. The van der Waals surface area contributed by atoms with Crippen LogP contribution in [0, 0.1) is 11.8 Å². The monoisotopic (exact) mass is 900 g/mol. The van der Waals surface area contributed by atoms with Crippen molar-refractivity contribution >= 4 is 57.4 Å². The summed E-state index contributed by atoms with van der Waals surface area (Å²) in [6.45, 7) is 8.48. The van der Waals surface area contributed by atoms with Crippen molar-refractivity contribution in [3.05, 3.63) is 71.8 Å². The van der Waals surface area contributed by atoms with E-state index in [-0.39, 0.29) is 61.0 Å². The van der Waals surface area contributed by atoms with Gasteiger partial charge in [-0.15, -0.1) is 0 Å². The molecule has 2 aromatic carbocycles. The van der Waals surface area contributed by atoms with E-state index in [0.29, 0.717) is 24.7 Å². The average molecular weight is 901 g/mol. The molecular weight excluding hydrogens is 837 g/mol. The van der Waals surface area contributed by atoms with E-state index >= 15 is 0 Å². The molecule has 0 radical (unpaired) electrons. The Balaban J connectivity index is 1.82. The number of nitrogens with two attached hydrogens (primary N) is 2. The third-order valence-electron chi connectivity index (χ3n) is 8.72. The summed E-state index contributed by atoms with van der Waals surface area (Å²) in [7, 11) is 4.58. The number of unbranched alkanes of at least 4 members (excludes halogenated alkanes) is 4.